The summed E-state index contributed by atoms with van der Waals surface area (Å²) in [5.41, 5.74) is 0.901. The number of hydrogen-bond donors (Lipinski definition) is 2. The molecule has 1 aliphatic heterocycles. The number of hydrogen-bond acceptors (Lipinski definition) is 2. The summed E-state index contributed by atoms with van der Waals surface area (Å²) in [4.78, 5) is 12.3. The Hall–Kier alpha value is -1.29. The van der Waals surface area contributed by atoms with E-state index in [1.165, 1.54) is 0 Å². The number of nitrogens with one attached hydrogen (secondary N) is 2. The molecule has 4 nitrogen and oxygen atoms in total. The molecular weight excluding hydrogens is 238 g/mol. The van der Waals surface area contributed by atoms with Crippen LogP contribution < -0.4 is 10.6 Å². The van der Waals surface area contributed by atoms with Gasteiger partial charge in [0, 0.05) is 18.8 Å². The summed E-state index contributed by atoms with van der Waals surface area (Å²) in [5.74, 6) is 0.0402. The van der Waals surface area contributed by atoms with Crippen molar-refractivity contribution in [3.63, 3.8) is 0 Å². The highest BCUT2D eigenvalue weighted by Crippen LogP contribution is 2.21. The third kappa shape index (κ3) is 3.83. The molecule has 2 rings (SSSR count). The molecule has 1 amide bonds. The van der Waals surface area contributed by atoms with Crippen LogP contribution in [0.3, 0.4) is 0 Å². The smallest absolute Gasteiger partial charge is 0.267 e. The lowest BCUT2D eigenvalue weighted by molar-refractivity contribution is 0.0926. The quantitative estimate of drug-likeness (QED) is 0.878. The molecule has 2 heterocycles. The lowest BCUT2D eigenvalue weighted by Crippen LogP contribution is -2.35. The Kier molecular flexibility index (Phi) is 4.30. The molecule has 0 atom stereocenters. The average Bonchev–Trinajstić information content (AvgIpc) is 2.85. The second kappa shape index (κ2) is 5.78. The van der Waals surface area contributed by atoms with Gasteiger partial charge in [0.1, 0.15) is 5.69 Å². The Balaban J connectivity index is 2.04. The van der Waals surface area contributed by atoms with Gasteiger partial charge in [0.25, 0.3) is 5.91 Å². The predicted octanol–water partition coefficient (Wildman–Crippen LogP) is 2.19. The van der Waals surface area contributed by atoms with Gasteiger partial charge >= 0.3 is 0 Å². The highest BCUT2D eigenvalue weighted by atomic mass is 16.1. The van der Waals surface area contributed by atoms with Crippen molar-refractivity contribution in [2.24, 2.45) is 5.41 Å². The number of rotatable bonds is 3. The molecule has 1 aromatic rings. The monoisotopic (exact) mass is 263 g/mol. The standard InChI is InChI=1S/C15H25N3O/c1-15(2,3)11-17-14(19)13-5-4-10-18(13)12-6-8-16-9-7-12/h4-5,10,12,16H,6-9,11H2,1-3H3,(H,17,19). The van der Waals surface area contributed by atoms with E-state index in [-0.39, 0.29) is 11.3 Å². The molecule has 106 valence electrons. The SMILES string of the molecule is CC(C)(C)CNC(=O)c1cccn1C1CCNCC1. The zero-order valence-corrected chi connectivity index (χ0v) is 12.2. The van der Waals surface area contributed by atoms with Crippen LogP contribution in [0.15, 0.2) is 18.3 Å². The van der Waals surface area contributed by atoms with Crippen LogP contribution >= 0.6 is 0 Å². The van der Waals surface area contributed by atoms with Crippen molar-refractivity contribution in [1.29, 1.82) is 0 Å². The highest BCUT2D eigenvalue weighted by molar-refractivity contribution is 5.92. The molecule has 19 heavy (non-hydrogen) atoms. The Labute approximate surface area is 115 Å². The molecular formula is C15H25N3O. The number of aromatic nitrogens is 1. The van der Waals surface area contributed by atoms with Crippen LogP contribution in [0.4, 0.5) is 0 Å². The van der Waals surface area contributed by atoms with Gasteiger partial charge < -0.3 is 15.2 Å². The van der Waals surface area contributed by atoms with Crippen molar-refractivity contribution < 1.29 is 4.79 Å². The molecule has 0 aliphatic carbocycles. The molecule has 0 radical (unpaired) electrons. The van der Waals surface area contributed by atoms with Gasteiger partial charge in [-0.2, -0.15) is 0 Å². The Morgan fingerprint density at radius 1 is 1.42 bits per heavy atom. The Morgan fingerprint density at radius 2 is 2.11 bits per heavy atom. The minimum absolute atomic E-state index is 0.0402. The van der Waals surface area contributed by atoms with E-state index < -0.39 is 0 Å². The number of carbonyl (C=O) groups excluding carboxylic acids is 1. The number of carbonyl (C=O) groups is 1. The molecule has 1 saturated heterocycles. The van der Waals surface area contributed by atoms with Crippen molar-refractivity contribution in [2.75, 3.05) is 19.6 Å². The summed E-state index contributed by atoms with van der Waals surface area (Å²) < 4.78 is 2.14. The number of nitrogens with zero attached hydrogens (tertiary/aromatic N) is 1. The second-order valence-corrected chi connectivity index (χ2v) is 6.53. The molecule has 0 saturated carbocycles. The first-order valence-corrected chi connectivity index (χ1v) is 7.13. The van der Waals surface area contributed by atoms with Gasteiger partial charge in [-0.15, -0.1) is 0 Å². The second-order valence-electron chi connectivity index (χ2n) is 6.53. The van der Waals surface area contributed by atoms with Crippen LogP contribution in [0.5, 0.6) is 0 Å². The maximum Gasteiger partial charge on any atom is 0.267 e. The fraction of sp³-hybridized carbons (Fsp3) is 0.667. The number of piperidine rings is 1. The van der Waals surface area contributed by atoms with Crippen molar-refractivity contribution in [1.82, 2.24) is 15.2 Å². The van der Waals surface area contributed by atoms with Gasteiger partial charge in [-0.05, 0) is 43.5 Å². The Morgan fingerprint density at radius 3 is 2.74 bits per heavy atom. The summed E-state index contributed by atoms with van der Waals surface area (Å²) in [5, 5.41) is 6.39. The van der Waals surface area contributed by atoms with E-state index in [1.54, 1.807) is 0 Å². The normalized spacial score (nSPS) is 17.4. The maximum atomic E-state index is 12.3. The fourth-order valence-electron chi connectivity index (χ4n) is 2.43. The van der Waals surface area contributed by atoms with Crippen LogP contribution in [0.2, 0.25) is 0 Å². The third-order valence-electron chi connectivity index (χ3n) is 3.49. The van der Waals surface area contributed by atoms with E-state index in [0.717, 1.165) is 31.6 Å². The predicted molar refractivity (Wildman–Crippen MR) is 77.4 cm³/mol. The van der Waals surface area contributed by atoms with E-state index in [1.807, 2.05) is 18.3 Å². The van der Waals surface area contributed by atoms with Gasteiger partial charge in [-0.3, -0.25) is 4.79 Å². The third-order valence-corrected chi connectivity index (χ3v) is 3.49. The van der Waals surface area contributed by atoms with E-state index in [9.17, 15) is 4.79 Å². The van der Waals surface area contributed by atoms with Crippen LogP contribution in [0.25, 0.3) is 0 Å². The average molecular weight is 263 g/mol. The zero-order chi connectivity index (χ0) is 13.9. The molecule has 0 aromatic carbocycles. The van der Waals surface area contributed by atoms with E-state index >= 15 is 0 Å². The van der Waals surface area contributed by atoms with Gasteiger partial charge in [0.2, 0.25) is 0 Å². The van der Waals surface area contributed by atoms with Crippen molar-refractivity contribution in [3.05, 3.63) is 24.0 Å². The zero-order valence-electron chi connectivity index (χ0n) is 12.2. The summed E-state index contributed by atoms with van der Waals surface area (Å²) in [7, 11) is 0. The molecule has 2 N–H and O–H groups in total. The summed E-state index contributed by atoms with van der Waals surface area (Å²) >= 11 is 0. The molecule has 4 heteroatoms. The van der Waals surface area contributed by atoms with Crippen molar-refractivity contribution in [2.45, 2.75) is 39.7 Å². The Bertz CT molecular complexity index is 425. The maximum absolute atomic E-state index is 12.3. The molecule has 1 aliphatic rings. The van der Waals surface area contributed by atoms with Crippen LogP contribution in [0, 0.1) is 5.41 Å². The van der Waals surface area contributed by atoms with Crippen LogP contribution in [0.1, 0.15) is 50.1 Å². The lowest BCUT2D eigenvalue weighted by atomic mass is 9.97. The van der Waals surface area contributed by atoms with Gasteiger partial charge in [0.15, 0.2) is 0 Å². The van der Waals surface area contributed by atoms with Gasteiger partial charge in [0.05, 0.1) is 0 Å². The lowest BCUT2D eigenvalue weighted by Gasteiger charge is -2.26. The van der Waals surface area contributed by atoms with E-state index in [2.05, 4.69) is 36.0 Å². The number of amides is 1. The molecule has 1 fully saturated rings. The minimum atomic E-state index is 0.0402. The van der Waals surface area contributed by atoms with E-state index in [4.69, 9.17) is 0 Å². The summed E-state index contributed by atoms with van der Waals surface area (Å²) in [6.07, 6.45) is 4.21. The van der Waals surface area contributed by atoms with Gasteiger partial charge in [-0.25, -0.2) is 0 Å². The fourth-order valence-corrected chi connectivity index (χ4v) is 2.43. The minimum Gasteiger partial charge on any atom is -0.350 e. The summed E-state index contributed by atoms with van der Waals surface area (Å²) in [6.45, 7) is 9.14. The largest absolute Gasteiger partial charge is 0.350 e. The van der Waals surface area contributed by atoms with Crippen molar-refractivity contribution in [3.8, 4) is 0 Å². The first kappa shape index (κ1) is 14.1. The first-order chi connectivity index (χ1) is 8.97. The molecule has 1 aromatic heterocycles. The molecule has 0 bridgehead atoms. The van der Waals surface area contributed by atoms with Crippen molar-refractivity contribution >= 4 is 5.91 Å². The van der Waals surface area contributed by atoms with Crippen LogP contribution in [-0.2, 0) is 0 Å². The van der Waals surface area contributed by atoms with Crippen LogP contribution in [-0.4, -0.2) is 30.1 Å². The first-order valence-electron chi connectivity index (χ1n) is 7.13. The highest BCUT2D eigenvalue weighted by Gasteiger charge is 2.20. The van der Waals surface area contributed by atoms with E-state index in [0.29, 0.717) is 12.6 Å². The molecule has 0 spiro atoms. The molecule has 0 unspecified atom stereocenters. The van der Waals surface area contributed by atoms with Gasteiger partial charge in [-0.1, -0.05) is 20.8 Å². The summed E-state index contributed by atoms with van der Waals surface area (Å²) in [6, 6.07) is 4.33. The topological polar surface area (TPSA) is 46.1 Å².